The van der Waals surface area contributed by atoms with Crippen molar-refractivity contribution in [2.75, 3.05) is 0 Å². The Morgan fingerprint density at radius 2 is 0.957 bits per heavy atom. The summed E-state index contributed by atoms with van der Waals surface area (Å²) in [5.74, 6) is 0. The summed E-state index contributed by atoms with van der Waals surface area (Å²) in [5, 5.41) is 12.7. The predicted octanol–water partition coefficient (Wildman–Crippen LogP) is 12.9. The minimum absolute atomic E-state index is 0.925. The standard InChI is InChI=1S/C45H28O/c1-27-13-14-28-7-2-3-8-34(28)42(27)38-25-21-32-20-24-37-33(23-19-31-22-26-39(38)44(32)43(31)37)29-15-17-30(18-16-29)35-10-6-11-40-36-9-4-5-12-41(36)46-45(35)40/h2-26H,1H3. The zero-order valence-corrected chi connectivity index (χ0v) is 25.3. The van der Waals surface area contributed by atoms with Gasteiger partial charge in [0.2, 0.25) is 0 Å². The molecular formula is C45H28O. The van der Waals surface area contributed by atoms with Crippen LogP contribution in [-0.4, -0.2) is 0 Å². The molecule has 0 saturated carbocycles. The molecule has 0 aliphatic carbocycles. The van der Waals surface area contributed by atoms with Crippen LogP contribution in [0.5, 0.6) is 0 Å². The van der Waals surface area contributed by atoms with Gasteiger partial charge in [0.05, 0.1) is 0 Å². The second kappa shape index (κ2) is 9.54. The van der Waals surface area contributed by atoms with Crippen molar-refractivity contribution in [3.8, 4) is 33.4 Å². The molecule has 1 heterocycles. The van der Waals surface area contributed by atoms with E-state index in [1.54, 1.807) is 0 Å². The fourth-order valence-electron chi connectivity index (χ4n) is 7.81. The van der Waals surface area contributed by atoms with Crippen molar-refractivity contribution in [3.63, 3.8) is 0 Å². The molecule has 0 bridgehead atoms. The summed E-state index contributed by atoms with van der Waals surface area (Å²) in [4.78, 5) is 0. The van der Waals surface area contributed by atoms with E-state index in [1.807, 2.05) is 12.1 Å². The lowest BCUT2D eigenvalue weighted by atomic mass is 9.85. The number of benzene rings is 9. The minimum Gasteiger partial charge on any atom is -0.455 e. The van der Waals surface area contributed by atoms with Gasteiger partial charge in [-0.05, 0) is 89.5 Å². The third-order valence-electron chi connectivity index (χ3n) is 9.98. The minimum atomic E-state index is 0.925. The number of hydrogen-bond acceptors (Lipinski definition) is 1. The largest absolute Gasteiger partial charge is 0.455 e. The molecule has 0 radical (unpaired) electrons. The smallest absolute Gasteiger partial charge is 0.143 e. The van der Waals surface area contributed by atoms with Crippen LogP contribution in [0.15, 0.2) is 156 Å². The third kappa shape index (κ3) is 3.57. The lowest BCUT2D eigenvalue weighted by Crippen LogP contribution is -1.91. The summed E-state index contributed by atoms with van der Waals surface area (Å²) < 4.78 is 6.35. The van der Waals surface area contributed by atoms with Crippen LogP contribution in [0.4, 0.5) is 0 Å². The fraction of sp³-hybridized carbons (Fsp3) is 0.0222. The second-order valence-electron chi connectivity index (χ2n) is 12.5. The molecule has 0 atom stereocenters. The quantitative estimate of drug-likeness (QED) is 0.188. The first kappa shape index (κ1) is 25.4. The molecule has 0 fully saturated rings. The number of hydrogen-bond donors (Lipinski definition) is 0. The summed E-state index contributed by atoms with van der Waals surface area (Å²) in [7, 11) is 0. The number of fused-ring (bicyclic) bond motifs is 4. The van der Waals surface area contributed by atoms with E-state index in [1.165, 1.54) is 70.9 Å². The molecule has 10 aromatic rings. The van der Waals surface area contributed by atoms with Gasteiger partial charge in [-0.15, -0.1) is 0 Å². The Kier molecular flexibility index (Phi) is 5.27. The molecule has 0 spiro atoms. The van der Waals surface area contributed by atoms with Crippen molar-refractivity contribution in [1.82, 2.24) is 0 Å². The van der Waals surface area contributed by atoms with Crippen LogP contribution in [0.3, 0.4) is 0 Å². The zero-order chi connectivity index (χ0) is 30.4. The van der Waals surface area contributed by atoms with Crippen LogP contribution in [0.1, 0.15) is 5.56 Å². The van der Waals surface area contributed by atoms with Crippen molar-refractivity contribution in [1.29, 1.82) is 0 Å². The Morgan fingerprint density at radius 3 is 1.74 bits per heavy atom. The van der Waals surface area contributed by atoms with Gasteiger partial charge >= 0.3 is 0 Å². The highest BCUT2D eigenvalue weighted by Crippen LogP contribution is 2.44. The fourth-order valence-corrected chi connectivity index (χ4v) is 7.81. The molecular weight excluding hydrogens is 556 g/mol. The van der Waals surface area contributed by atoms with Crippen LogP contribution in [0.25, 0.3) is 98.4 Å². The van der Waals surface area contributed by atoms with Gasteiger partial charge in [-0.1, -0.05) is 146 Å². The molecule has 46 heavy (non-hydrogen) atoms. The van der Waals surface area contributed by atoms with Gasteiger partial charge in [-0.3, -0.25) is 0 Å². The number of aryl methyl sites for hydroxylation is 1. The molecule has 0 N–H and O–H groups in total. The van der Waals surface area contributed by atoms with Crippen LogP contribution >= 0.6 is 0 Å². The van der Waals surface area contributed by atoms with Crippen LogP contribution in [0, 0.1) is 6.92 Å². The normalized spacial score (nSPS) is 12.0. The molecule has 1 heteroatoms. The highest BCUT2D eigenvalue weighted by Gasteiger charge is 2.17. The first-order valence-electron chi connectivity index (χ1n) is 15.9. The average molecular weight is 585 g/mol. The third-order valence-corrected chi connectivity index (χ3v) is 9.98. The summed E-state index contributed by atoms with van der Waals surface area (Å²) in [6.07, 6.45) is 0. The van der Waals surface area contributed by atoms with Crippen molar-refractivity contribution in [2.45, 2.75) is 6.92 Å². The molecule has 9 aromatic carbocycles. The Morgan fingerprint density at radius 1 is 0.370 bits per heavy atom. The summed E-state index contributed by atoms with van der Waals surface area (Å²) in [6, 6.07) is 55.4. The van der Waals surface area contributed by atoms with E-state index in [-0.39, 0.29) is 0 Å². The molecule has 1 nitrogen and oxygen atoms in total. The maximum Gasteiger partial charge on any atom is 0.143 e. The van der Waals surface area contributed by atoms with Crippen molar-refractivity contribution in [3.05, 3.63) is 157 Å². The Labute approximate surface area is 266 Å². The SMILES string of the molecule is Cc1ccc2ccccc2c1-c1ccc2ccc3c(-c4ccc(-c5cccc6c5oc5ccccc56)cc4)ccc4ccc1c2c43. The van der Waals surface area contributed by atoms with Crippen molar-refractivity contribution in [2.24, 2.45) is 0 Å². The van der Waals surface area contributed by atoms with E-state index in [2.05, 4.69) is 146 Å². The molecule has 0 saturated heterocycles. The topological polar surface area (TPSA) is 13.1 Å². The van der Waals surface area contributed by atoms with E-state index in [9.17, 15) is 0 Å². The summed E-state index contributed by atoms with van der Waals surface area (Å²) in [5.41, 5.74) is 10.5. The van der Waals surface area contributed by atoms with E-state index in [0.717, 1.165) is 33.1 Å². The lowest BCUT2D eigenvalue weighted by molar-refractivity contribution is 0.670. The van der Waals surface area contributed by atoms with Crippen LogP contribution in [0.2, 0.25) is 0 Å². The molecule has 214 valence electrons. The molecule has 0 amide bonds. The molecule has 0 aliphatic rings. The Hall–Kier alpha value is -5.92. The van der Waals surface area contributed by atoms with Gasteiger partial charge in [0, 0.05) is 16.3 Å². The maximum absolute atomic E-state index is 6.35. The van der Waals surface area contributed by atoms with E-state index in [4.69, 9.17) is 4.42 Å². The molecule has 1 aromatic heterocycles. The van der Waals surface area contributed by atoms with Gasteiger partial charge in [0.25, 0.3) is 0 Å². The molecule has 0 unspecified atom stereocenters. The van der Waals surface area contributed by atoms with E-state index in [0.29, 0.717) is 0 Å². The first-order valence-corrected chi connectivity index (χ1v) is 15.9. The molecule has 10 rings (SSSR count). The van der Waals surface area contributed by atoms with Gasteiger partial charge in [-0.25, -0.2) is 0 Å². The average Bonchev–Trinajstić information content (AvgIpc) is 3.50. The predicted molar refractivity (Wildman–Crippen MR) is 196 cm³/mol. The van der Waals surface area contributed by atoms with Crippen molar-refractivity contribution >= 4 is 65.0 Å². The van der Waals surface area contributed by atoms with E-state index < -0.39 is 0 Å². The van der Waals surface area contributed by atoms with Gasteiger partial charge in [0.1, 0.15) is 11.2 Å². The maximum atomic E-state index is 6.35. The number of para-hydroxylation sites is 2. The summed E-state index contributed by atoms with van der Waals surface area (Å²) >= 11 is 0. The van der Waals surface area contributed by atoms with Crippen LogP contribution < -0.4 is 0 Å². The van der Waals surface area contributed by atoms with Crippen molar-refractivity contribution < 1.29 is 4.42 Å². The van der Waals surface area contributed by atoms with Crippen LogP contribution in [-0.2, 0) is 0 Å². The summed E-state index contributed by atoms with van der Waals surface area (Å²) in [6.45, 7) is 2.23. The lowest BCUT2D eigenvalue weighted by Gasteiger charge is -2.18. The van der Waals surface area contributed by atoms with Gasteiger partial charge in [-0.2, -0.15) is 0 Å². The van der Waals surface area contributed by atoms with Gasteiger partial charge < -0.3 is 4.42 Å². The highest BCUT2D eigenvalue weighted by molar-refractivity contribution is 6.28. The Bertz CT molecular complexity index is 2800. The second-order valence-corrected chi connectivity index (χ2v) is 12.5. The number of furan rings is 1. The molecule has 0 aliphatic heterocycles. The zero-order valence-electron chi connectivity index (χ0n) is 25.3. The highest BCUT2D eigenvalue weighted by atomic mass is 16.3. The Balaban J connectivity index is 1.15. The first-order chi connectivity index (χ1) is 22.7. The monoisotopic (exact) mass is 584 g/mol. The van der Waals surface area contributed by atoms with Gasteiger partial charge in [0.15, 0.2) is 0 Å². The number of rotatable bonds is 3. The van der Waals surface area contributed by atoms with E-state index >= 15 is 0 Å².